The van der Waals surface area contributed by atoms with Crippen molar-refractivity contribution in [1.82, 2.24) is 4.98 Å². The molecule has 0 radical (unpaired) electrons. The molecule has 0 saturated heterocycles. The summed E-state index contributed by atoms with van der Waals surface area (Å²) in [4.78, 5) is 16.4. The zero-order valence-corrected chi connectivity index (χ0v) is 15.1. The van der Waals surface area contributed by atoms with Crippen molar-refractivity contribution in [3.63, 3.8) is 0 Å². The van der Waals surface area contributed by atoms with Gasteiger partial charge >= 0.3 is 0 Å². The Labute approximate surface area is 154 Å². The van der Waals surface area contributed by atoms with E-state index in [-0.39, 0.29) is 5.91 Å². The molecule has 3 aromatic rings. The number of carbonyl (C=O) groups is 1. The molecule has 1 fully saturated rings. The zero-order valence-electron chi connectivity index (χ0n) is 14.3. The normalized spacial score (nSPS) is 20.7. The molecule has 4 nitrogen and oxygen atoms in total. The van der Waals surface area contributed by atoms with E-state index in [4.69, 9.17) is 0 Å². The highest BCUT2D eigenvalue weighted by atomic mass is 32.1. The van der Waals surface area contributed by atoms with Crippen molar-refractivity contribution in [3.05, 3.63) is 41.5 Å². The summed E-state index contributed by atoms with van der Waals surface area (Å²) in [6, 6.07) is 10.5. The van der Waals surface area contributed by atoms with Crippen molar-refractivity contribution in [2.45, 2.75) is 25.9 Å². The number of thiazole rings is 1. The fraction of sp³-hybridized carbons (Fsp3) is 0.300. The van der Waals surface area contributed by atoms with Gasteiger partial charge in [-0.15, -0.1) is 0 Å². The number of rotatable bonds is 3. The van der Waals surface area contributed by atoms with Crippen LogP contribution in [0.1, 0.15) is 17.5 Å². The van der Waals surface area contributed by atoms with Crippen LogP contribution in [0.15, 0.2) is 30.3 Å². The highest BCUT2D eigenvalue weighted by molar-refractivity contribution is 7.22. The number of halogens is 1. The van der Waals surface area contributed by atoms with Gasteiger partial charge in [0.1, 0.15) is 6.17 Å². The maximum Gasteiger partial charge on any atom is 0.232 e. The molecule has 1 aromatic heterocycles. The minimum absolute atomic E-state index is 0.264. The number of anilines is 2. The van der Waals surface area contributed by atoms with Crippen molar-refractivity contribution in [2.24, 2.45) is 5.92 Å². The van der Waals surface area contributed by atoms with Crippen molar-refractivity contribution in [2.75, 3.05) is 17.2 Å². The Morgan fingerprint density at radius 1 is 1.35 bits per heavy atom. The smallest absolute Gasteiger partial charge is 0.232 e. The van der Waals surface area contributed by atoms with Gasteiger partial charge in [0.05, 0.1) is 16.1 Å². The third kappa shape index (κ3) is 2.56. The van der Waals surface area contributed by atoms with Crippen molar-refractivity contribution in [3.8, 4) is 11.1 Å². The first-order chi connectivity index (χ1) is 12.6. The molecule has 132 valence electrons. The van der Waals surface area contributed by atoms with Crippen molar-refractivity contribution >= 4 is 38.3 Å². The summed E-state index contributed by atoms with van der Waals surface area (Å²) in [5, 5.41) is 6.73. The van der Waals surface area contributed by atoms with Gasteiger partial charge in [-0.05, 0) is 60.2 Å². The van der Waals surface area contributed by atoms with Gasteiger partial charge in [0.2, 0.25) is 5.91 Å². The van der Waals surface area contributed by atoms with Crippen LogP contribution in [0, 0.1) is 12.8 Å². The Morgan fingerprint density at radius 2 is 2.19 bits per heavy atom. The molecular weight excluding hydrogens is 349 g/mol. The second kappa shape index (κ2) is 5.77. The number of fused-ring (bicyclic) bond motifs is 2. The van der Waals surface area contributed by atoms with Crippen LogP contribution in [-0.2, 0) is 11.2 Å². The van der Waals surface area contributed by atoms with E-state index in [1.165, 1.54) is 39.3 Å². The first-order valence-electron chi connectivity index (χ1n) is 8.82. The molecule has 0 unspecified atom stereocenters. The predicted molar refractivity (Wildman–Crippen MR) is 104 cm³/mol. The Kier molecular flexibility index (Phi) is 3.50. The fourth-order valence-corrected chi connectivity index (χ4v) is 4.59. The lowest BCUT2D eigenvalue weighted by Gasteiger charge is -2.12. The fourth-order valence-electron chi connectivity index (χ4n) is 3.68. The van der Waals surface area contributed by atoms with Gasteiger partial charge in [0, 0.05) is 12.2 Å². The van der Waals surface area contributed by atoms with E-state index in [1.807, 2.05) is 6.07 Å². The molecule has 2 aromatic carbocycles. The molecule has 2 N–H and O–H groups in total. The zero-order chi connectivity index (χ0) is 17.8. The molecular formula is C20H18FN3OS. The molecule has 1 amide bonds. The van der Waals surface area contributed by atoms with Crippen molar-refractivity contribution < 1.29 is 9.18 Å². The topological polar surface area (TPSA) is 54.0 Å². The molecule has 0 spiro atoms. The lowest BCUT2D eigenvalue weighted by atomic mass is 9.93. The number of carbonyl (C=O) groups excluding carboxylic acids is 1. The Balaban J connectivity index is 1.51. The van der Waals surface area contributed by atoms with E-state index in [2.05, 4.69) is 46.8 Å². The van der Waals surface area contributed by atoms with Gasteiger partial charge in [-0.1, -0.05) is 23.5 Å². The van der Waals surface area contributed by atoms with E-state index in [0.29, 0.717) is 11.6 Å². The van der Waals surface area contributed by atoms with E-state index in [0.717, 1.165) is 23.2 Å². The molecule has 1 aliphatic carbocycles. The summed E-state index contributed by atoms with van der Waals surface area (Å²) >= 11 is 1.44. The van der Waals surface area contributed by atoms with Crippen LogP contribution in [0.2, 0.25) is 0 Å². The Bertz CT molecular complexity index is 1040. The number of nitrogens with one attached hydrogen (secondary N) is 2. The third-order valence-corrected chi connectivity index (χ3v) is 6.10. The average molecular weight is 367 g/mol. The highest BCUT2D eigenvalue weighted by Crippen LogP contribution is 2.39. The van der Waals surface area contributed by atoms with Crippen LogP contribution in [0.25, 0.3) is 21.3 Å². The lowest BCUT2D eigenvalue weighted by Crippen LogP contribution is -2.14. The quantitative estimate of drug-likeness (QED) is 0.715. The van der Waals surface area contributed by atoms with Crippen LogP contribution in [-0.4, -0.2) is 23.6 Å². The summed E-state index contributed by atoms with van der Waals surface area (Å²) in [6.07, 6.45) is 0.362. The molecule has 2 aliphatic rings. The first-order valence-corrected chi connectivity index (χ1v) is 9.64. The third-order valence-electron chi connectivity index (χ3n) is 5.17. The number of nitrogens with zero attached hydrogens (tertiary/aromatic N) is 1. The number of hydrogen-bond acceptors (Lipinski definition) is 4. The van der Waals surface area contributed by atoms with Gasteiger partial charge in [-0.3, -0.25) is 4.79 Å². The van der Waals surface area contributed by atoms with Crippen LogP contribution < -0.4 is 10.6 Å². The molecule has 5 rings (SSSR count). The van der Waals surface area contributed by atoms with Crippen LogP contribution >= 0.6 is 11.3 Å². The maximum atomic E-state index is 13.0. The summed E-state index contributed by atoms with van der Waals surface area (Å²) in [5.41, 5.74) is 7.14. The predicted octanol–water partition coefficient (Wildman–Crippen LogP) is 4.54. The number of amides is 1. The van der Waals surface area contributed by atoms with E-state index >= 15 is 0 Å². The molecule has 2 atom stereocenters. The highest BCUT2D eigenvalue weighted by Gasteiger charge is 2.43. The van der Waals surface area contributed by atoms with Gasteiger partial charge < -0.3 is 10.6 Å². The SMILES string of the molecule is Cc1ccc2c(c1-c1ccc3nc(NC(=O)[C@@H]4C[C@@H]4F)sc3c1)CCN2. The summed E-state index contributed by atoms with van der Waals surface area (Å²) < 4.78 is 14.1. The number of aromatic nitrogens is 1. The van der Waals surface area contributed by atoms with E-state index in [1.54, 1.807) is 0 Å². The van der Waals surface area contributed by atoms with Gasteiger partial charge in [-0.2, -0.15) is 0 Å². The number of hydrogen-bond donors (Lipinski definition) is 2. The summed E-state index contributed by atoms with van der Waals surface area (Å²) in [7, 11) is 0. The number of benzene rings is 2. The van der Waals surface area contributed by atoms with Gasteiger partial charge in [0.25, 0.3) is 0 Å². The molecule has 1 saturated carbocycles. The van der Waals surface area contributed by atoms with Gasteiger partial charge in [-0.25, -0.2) is 9.37 Å². The molecule has 6 heteroatoms. The second-order valence-electron chi connectivity index (χ2n) is 7.01. The second-order valence-corrected chi connectivity index (χ2v) is 8.04. The molecule has 26 heavy (non-hydrogen) atoms. The largest absolute Gasteiger partial charge is 0.384 e. The van der Waals surface area contributed by atoms with Crippen molar-refractivity contribution in [1.29, 1.82) is 0 Å². The summed E-state index contributed by atoms with van der Waals surface area (Å²) in [5.74, 6) is -0.765. The van der Waals surface area contributed by atoms with Crippen LogP contribution in [0.3, 0.4) is 0 Å². The van der Waals surface area contributed by atoms with Gasteiger partial charge in [0.15, 0.2) is 5.13 Å². The number of alkyl halides is 1. The monoisotopic (exact) mass is 367 g/mol. The Morgan fingerprint density at radius 3 is 3.00 bits per heavy atom. The molecule has 2 heterocycles. The summed E-state index contributed by atoms with van der Waals surface area (Å²) in [6.45, 7) is 3.11. The molecule has 0 bridgehead atoms. The van der Waals surface area contributed by atoms with E-state index < -0.39 is 12.1 Å². The van der Waals surface area contributed by atoms with Crippen LogP contribution in [0.4, 0.5) is 15.2 Å². The standard InChI is InChI=1S/C20H18FN3OS/c1-10-2-4-15-12(6-7-22-15)18(10)11-3-5-16-17(8-11)26-20(23-16)24-19(25)13-9-14(13)21/h2-5,8,13-14,22H,6-7,9H2,1H3,(H,23,24,25)/t13-,14+/m1/s1. The maximum absolute atomic E-state index is 13.0. The number of aryl methyl sites for hydroxylation is 1. The minimum atomic E-state index is -0.993. The van der Waals surface area contributed by atoms with E-state index in [9.17, 15) is 9.18 Å². The minimum Gasteiger partial charge on any atom is -0.384 e. The molecule has 1 aliphatic heterocycles. The Hall–Kier alpha value is -2.47. The first kappa shape index (κ1) is 15.8. The average Bonchev–Trinajstić information content (AvgIpc) is 3.02. The lowest BCUT2D eigenvalue weighted by molar-refractivity contribution is -0.117. The van der Waals surface area contributed by atoms with Crippen LogP contribution in [0.5, 0.6) is 0 Å².